The van der Waals surface area contributed by atoms with Gasteiger partial charge in [-0.15, -0.1) is 5.10 Å². The van der Waals surface area contributed by atoms with Crippen molar-refractivity contribution in [3.8, 4) is 11.4 Å². The van der Waals surface area contributed by atoms with Gasteiger partial charge in [0.1, 0.15) is 6.04 Å². The summed E-state index contributed by atoms with van der Waals surface area (Å²) in [6.07, 6.45) is 5.87. The molecule has 1 aliphatic carbocycles. The number of nitrogens with zero attached hydrogens (tertiary/aromatic N) is 4. The van der Waals surface area contributed by atoms with E-state index in [1.165, 1.54) is 7.11 Å². The molecule has 2 aliphatic rings. The van der Waals surface area contributed by atoms with Crippen molar-refractivity contribution in [1.82, 2.24) is 19.5 Å². The predicted molar refractivity (Wildman–Crippen MR) is 113 cm³/mol. The van der Waals surface area contributed by atoms with Gasteiger partial charge >= 0.3 is 6.09 Å². The van der Waals surface area contributed by atoms with E-state index in [1.807, 2.05) is 43.5 Å². The molecule has 2 fully saturated rings. The van der Waals surface area contributed by atoms with Crippen LogP contribution in [-0.2, 0) is 9.53 Å². The number of likely N-dealkylation sites (tertiary alicyclic amines) is 1. The Labute approximate surface area is 175 Å². The highest BCUT2D eigenvalue weighted by molar-refractivity contribution is 5.97. The molecule has 0 spiro atoms. The van der Waals surface area contributed by atoms with Crippen LogP contribution in [0, 0.1) is 12.8 Å². The molecular formula is C22H25N5O3. The first-order chi connectivity index (χ1) is 14.5. The second-order valence-electron chi connectivity index (χ2n) is 8.01. The van der Waals surface area contributed by atoms with E-state index in [4.69, 9.17) is 4.74 Å². The van der Waals surface area contributed by atoms with Crippen LogP contribution < -0.4 is 5.32 Å². The van der Waals surface area contributed by atoms with Crippen LogP contribution in [0.5, 0.6) is 0 Å². The topological polar surface area (TPSA) is 88.8 Å². The second-order valence-corrected chi connectivity index (χ2v) is 8.01. The summed E-state index contributed by atoms with van der Waals surface area (Å²) in [4.78, 5) is 31.4. The van der Waals surface area contributed by atoms with Crippen LogP contribution in [0.1, 0.15) is 26.3 Å². The maximum absolute atomic E-state index is 13.0. The summed E-state index contributed by atoms with van der Waals surface area (Å²) in [6.45, 7) is 1.98. The van der Waals surface area contributed by atoms with E-state index >= 15 is 0 Å². The Hall–Kier alpha value is -3.42. The summed E-state index contributed by atoms with van der Waals surface area (Å²) in [7, 11) is 1.36. The van der Waals surface area contributed by atoms with E-state index in [0.717, 1.165) is 29.5 Å². The molecule has 3 heterocycles. The van der Waals surface area contributed by atoms with Crippen molar-refractivity contribution in [1.29, 1.82) is 0 Å². The number of rotatable bonds is 3. The van der Waals surface area contributed by atoms with Crippen LogP contribution in [0.3, 0.4) is 0 Å². The zero-order chi connectivity index (χ0) is 20.8. The first-order valence-electron chi connectivity index (χ1n) is 10.1. The predicted octanol–water partition coefficient (Wildman–Crippen LogP) is 3.51. The molecule has 1 saturated heterocycles. The molecule has 3 atom stereocenters. The number of carbonyl (C=O) groups is 2. The number of aryl methyl sites for hydroxylation is 1. The molecular weight excluding hydrogens is 382 g/mol. The molecule has 2 amide bonds. The lowest BCUT2D eigenvalue weighted by Crippen LogP contribution is -2.49. The molecule has 0 bridgehead atoms. The number of hydrogen-bond donors (Lipinski definition) is 1. The molecule has 1 N–H and O–H groups in total. The molecule has 1 aromatic carbocycles. The maximum atomic E-state index is 13.0. The lowest BCUT2D eigenvalue weighted by atomic mass is 9.80. The Kier molecular flexibility index (Phi) is 4.42. The number of nitrogens with one attached hydrogen (secondary N) is 1. The van der Waals surface area contributed by atoms with Crippen molar-refractivity contribution in [2.24, 2.45) is 5.92 Å². The Morgan fingerprint density at radius 1 is 1.27 bits per heavy atom. The summed E-state index contributed by atoms with van der Waals surface area (Å²) in [6, 6.07) is 9.13. The van der Waals surface area contributed by atoms with Crippen LogP contribution in [0.15, 0.2) is 42.7 Å². The van der Waals surface area contributed by atoms with Gasteiger partial charge in [-0.3, -0.25) is 9.69 Å². The monoisotopic (exact) mass is 407 g/mol. The molecule has 1 saturated carbocycles. The Balaban J connectivity index is 0.00000231. The Bertz CT molecular complexity index is 1150. The van der Waals surface area contributed by atoms with E-state index < -0.39 is 12.1 Å². The fourth-order valence-corrected chi connectivity index (χ4v) is 4.55. The van der Waals surface area contributed by atoms with E-state index in [1.54, 1.807) is 15.6 Å². The zero-order valence-electron chi connectivity index (χ0n) is 16.9. The highest BCUT2D eigenvalue weighted by Crippen LogP contribution is 2.44. The van der Waals surface area contributed by atoms with Crippen molar-refractivity contribution in [3.63, 3.8) is 0 Å². The van der Waals surface area contributed by atoms with E-state index in [-0.39, 0.29) is 13.4 Å². The highest BCUT2D eigenvalue weighted by atomic mass is 16.5. The summed E-state index contributed by atoms with van der Waals surface area (Å²) in [5.74, 6) is 0.781. The number of hydrogen-bond acceptors (Lipinski definition) is 5. The maximum Gasteiger partial charge on any atom is 0.410 e. The van der Waals surface area contributed by atoms with Gasteiger partial charge in [0, 0.05) is 24.9 Å². The third-order valence-electron chi connectivity index (χ3n) is 6.31. The minimum atomic E-state index is -0.507. The molecule has 8 nitrogen and oxygen atoms in total. The van der Waals surface area contributed by atoms with Crippen molar-refractivity contribution in [2.45, 2.75) is 38.3 Å². The van der Waals surface area contributed by atoms with Gasteiger partial charge in [-0.05, 0) is 61.9 Å². The van der Waals surface area contributed by atoms with Crippen molar-refractivity contribution < 1.29 is 15.8 Å². The molecule has 2 aromatic heterocycles. The Morgan fingerprint density at radius 2 is 2.13 bits per heavy atom. The van der Waals surface area contributed by atoms with Gasteiger partial charge in [0.15, 0.2) is 5.82 Å². The molecule has 1 aliphatic heterocycles. The smallest absolute Gasteiger partial charge is 0.410 e. The molecule has 2 unspecified atom stereocenters. The summed E-state index contributed by atoms with van der Waals surface area (Å²) < 4.78 is 6.70. The minimum Gasteiger partial charge on any atom is -0.453 e. The number of fused-ring (bicyclic) bond motifs is 2. The van der Waals surface area contributed by atoms with Gasteiger partial charge in [0.05, 0.1) is 18.8 Å². The van der Waals surface area contributed by atoms with Crippen LogP contribution in [0.4, 0.5) is 10.5 Å². The second kappa shape index (κ2) is 7.12. The number of carbonyl (C=O) groups excluding carboxylic acids is 2. The normalized spacial score (nSPS) is 22.5. The number of benzene rings is 1. The van der Waals surface area contributed by atoms with Gasteiger partial charge in [0.2, 0.25) is 5.91 Å². The summed E-state index contributed by atoms with van der Waals surface area (Å²) >= 11 is 0. The highest BCUT2D eigenvalue weighted by Gasteiger charge is 2.51. The van der Waals surface area contributed by atoms with Gasteiger partial charge < -0.3 is 10.1 Å². The fourth-order valence-electron chi connectivity index (χ4n) is 4.55. The average molecular weight is 407 g/mol. The number of amides is 2. The number of anilines is 1. The third kappa shape index (κ3) is 2.99. The summed E-state index contributed by atoms with van der Waals surface area (Å²) in [5.41, 5.74) is 3.43. The molecule has 30 heavy (non-hydrogen) atoms. The van der Waals surface area contributed by atoms with Crippen molar-refractivity contribution in [2.75, 3.05) is 12.4 Å². The van der Waals surface area contributed by atoms with E-state index in [0.29, 0.717) is 23.9 Å². The zero-order valence-corrected chi connectivity index (χ0v) is 16.9. The lowest BCUT2D eigenvalue weighted by molar-refractivity contribution is -0.120. The molecule has 3 aromatic rings. The first-order valence-corrected chi connectivity index (χ1v) is 10.1. The Morgan fingerprint density at radius 3 is 2.90 bits per heavy atom. The van der Waals surface area contributed by atoms with Crippen molar-refractivity contribution in [3.05, 3.63) is 48.3 Å². The standard InChI is InChI=1S/C22H23N5O3.H2/c1-13-5-7-15(11-17(13)20-23-12-16-4-3-9-26(16)25-20)24-21(28)19-10-14-6-8-18(14)27(19)22(29)30-2;/h3-5,7,9,11-12,14,18-19H,6,8,10H2,1-2H3,(H,24,28);1H/t14?,18?,19-;/m1./s1. The van der Waals surface area contributed by atoms with Gasteiger partial charge in [-0.25, -0.2) is 14.3 Å². The first kappa shape index (κ1) is 18.6. The minimum absolute atomic E-state index is 0. The van der Waals surface area contributed by atoms with Gasteiger partial charge in [0.25, 0.3) is 0 Å². The molecule has 156 valence electrons. The van der Waals surface area contributed by atoms with Crippen LogP contribution >= 0.6 is 0 Å². The van der Waals surface area contributed by atoms with E-state index in [9.17, 15) is 9.59 Å². The van der Waals surface area contributed by atoms with Crippen LogP contribution in [0.2, 0.25) is 0 Å². The molecule has 8 heteroatoms. The molecule has 5 rings (SSSR count). The number of ether oxygens (including phenoxy) is 1. The van der Waals surface area contributed by atoms with Crippen molar-refractivity contribution >= 4 is 23.2 Å². The number of methoxy groups -OCH3 is 1. The van der Waals surface area contributed by atoms with Gasteiger partial charge in [-0.1, -0.05) is 6.07 Å². The van der Waals surface area contributed by atoms with Gasteiger partial charge in [-0.2, -0.15) is 0 Å². The largest absolute Gasteiger partial charge is 0.453 e. The third-order valence-corrected chi connectivity index (χ3v) is 6.31. The van der Waals surface area contributed by atoms with Crippen LogP contribution in [-0.4, -0.2) is 50.7 Å². The SMILES string of the molecule is COC(=O)N1C2CCC2C[C@@H]1C(=O)Nc1ccc(C)c(-c2ncc3cccn3n2)c1.[HH]. The van der Waals surface area contributed by atoms with E-state index in [2.05, 4.69) is 15.4 Å². The fraction of sp³-hybridized carbons (Fsp3) is 0.364. The lowest BCUT2D eigenvalue weighted by Gasteiger charge is -2.35. The average Bonchev–Trinajstić information content (AvgIpc) is 3.30. The van der Waals surface area contributed by atoms with Crippen LogP contribution in [0.25, 0.3) is 16.9 Å². The summed E-state index contributed by atoms with van der Waals surface area (Å²) in [5, 5.41) is 7.54. The quantitative estimate of drug-likeness (QED) is 0.718. The number of aromatic nitrogens is 3. The molecule has 0 radical (unpaired) electrons.